The van der Waals surface area contributed by atoms with Crippen molar-refractivity contribution in [2.45, 2.75) is 32.7 Å². The number of likely N-dealkylation sites (tertiary alicyclic amines) is 1. The number of aryl methyl sites for hydroxylation is 1. The zero-order chi connectivity index (χ0) is 16.2. The largest absolute Gasteiger partial charge is 0.481 e. The molecule has 2 heterocycles. The van der Waals surface area contributed by atoms with Crippen LogP contribution in [0.3, 0.4) is 0 Å². The number of hydrogen-bond acceptors (Lipinski definition) is 5. The Balaban J connectivity index is 2.11. The first kappa shape index (κ1) is 16.6. The van der Waals surface area contributed by atoms with Crippen LogP contribution in [0.1, 0.15) is 30.8 Å². The van der Waals surface area contributed by atoms with Crippen molar-refractivity contribution < 1.29 is 14.6 Å². The zero-order valence-electron chi connectivity index (χ0n) is 13.1. The molecular weight excluding hydrogens is 286 g/mol. The lowest BCUT2D eigenvalue weighted by Gasteiger charge is -2.39. The molecule has 2 N–H and O–H groups in total. The van der Waals surface area contributed by atoms with Crippen LogP contribution in [0.2, 0.25) is 0 Å². The number of ether oxygens (including phenoxy) is 1. The van der Waals surface area contributed by atoms with Crippen LogP contribution in [-0.4, -0.2) is 52.7 Å². The van der Waals surface area contributed by atoms with Gasteiger partial charge in [-0.2, -0.15) is 0 Å². The average Bonchev–Trinajstić information content (AvgIpc) is 2.44. The molecule has 0 spiro atoms. The van der Waals surface area contributed by atoms with Gasteiger partial charge < -0.3 is 14.8 Å². The maximum atomic E-state index is 11.7. The molecule has 1 aliphatic rings. The molecule has 22 heavy (non-hydrogen) atoms. The van der Waals surface area contributed by atoms with Gasteiger partial charge in [-0.1, -0.05) is 0 Å². The zero-order valence-corrected chi connectivity index (χ0v) is 13.1. The summed E-state index contributed by atoms with van der Waals surface area (Å²) in [4.78, 5) is 32.2. The van der Waals surface area contributed by atoms with Crippen molar-refractivity contribution in [3.05, 3.63) is 27.9 Å². The molecule has 1 aliphatic heterocycles. The number of rotatable bonds is 6. The maximum Gasteiger partial charge on any atom is 0.311 e. The Hall–Kier alpha value is -1.73. The molecule has 0 saturated carbocycles. The van der Waals surface area contributed by atoms with Crippen molar-refractivity contribution >= 4 is 5.97 Å². The van der Waals surface area contributed by atoms with Crippen molar-refractivity contribution in [3.63, 3.8) is 0 Å². The Morgan fingerprint density at radius 2 is 2.36 bits per heavy atom. The minimum atomic E-state index is -0.774. The summed E-state index contributed by atoms with van der Waals surface area (Å²) in [5.74, 6) is -0.201. The summed E-state index contributed by atoms with van der Waals surface area (Å²) < 4.78 is 5.07. The number of aliphatic carboxylic acids is 1. The number of hydrogen-bond donors (Lipinski definition) is 2. The van der Waals surface area contributed by atoms with E-state index in [2.05, 4.69) is 14.9 Å². The fourth-order valence-electron chi connectivity index (χ4n) is 3.10. The van der Waals surface area contributed by atoms with Gasteiger partial charge in [-0.15, -0.1) is 0 Å². The Morgan fingerprint density at radius 3 is 3.00 bits per heavy atom. The maximum absolute atomic E-state index is 11.7. The van der Waals surface area contributed by atoms with Gasteiger partial charge in [0.15, 0.2) is 0 Å². The van der Waals surface area contributed by atoms with Gasteiger partial charge in [0.05, 0.1) is 11.1 Å². The highest BCUT2D eigenvalue weighted by Gasteiger charge is 2.42. The lowest BCUT2D eigenvalue weighted by atomic mass is 9.77. The highest BCUT2D eigenvalue weighted by molar-refractivity contribution is 5.75. The van der Waals surface area contributed by atoms with Gasteiger partial charge in [-0.05, 0) is 32.7 Å². The summed E-state index contributed by atoms with van der Waals surface area (Å²) in [5, 5.41) is 9.63. The van der Waals surface area contributed by atoms with E-state index in [1.165, 1.54) is 6.07 Å². The SMILES string of the molecule is COCCC1(C(=O)O)CCCN(Cc2cc(=O)[nH]c(C)n2)C1. The number of aromatic amines is 1. The monoisotopic (exact) mass is 309 g/mol. The van der Waals surface area contributed by atoms with Gasteiger partial charge in [0, 0.05) is 32.9 Å². The average molecular weight is 309 g/mol. The van der Waals surface area contributed by atoms with Crippen molar-refractivity contribution in [1.29, 1.82) is 0 Å². The summed E-state index contributed by atoms with van der Waals surface area (Å²) in [6.45, 7) is 3.94. The van der Waals surface area contributed by atoms with Crippen molar-refractivity contribution in [2.24, 2.45) is 5.41 Å². The molecule has 1 fully saturated rings. The molecule has 1 aromatic heterocycles. The van der Waals surface area contributed by atoms with Crippen LogP contribution in [0.15, 0.2) is 10.9 Å². The second kappa shape index (κ2) is 7.02. The van der Waals surface area contributed by atoms with E-state index in [-0.39, 0.29) is 5.56 Å². The van der Waals surface area contributed by atoms with Gasteiger partial charge in [-0.3, -0.25) is 14.5 Å². The quantitative estimate of drug-likeness (QED) is 0.806. The second-order valence-corrected chi connectivity index (χ2v) is 5.96. The Morgan fingerprint density at radius 1 is 1.59 bits per heavy atom. The van der Waals surface area contributed by atoms with Gasteiger partial charge >= 0.3 is 5.97 Å². The summed E-state index contributed by atoms with van der Waals surface area (Å²) >= 11 is 0. The minimum Gasteiger partial charge on any atom is -0.481 e. The molecule has 122 valence electrons. The first-order chi connectivity index (χ1) is 10.4. The Labute approximate surface area is 129 Å². The third-order valence-electron chi connectivity index (χ3n) is 4.19. The molecule has 0 amide bonds. The van der Waals surface area contributed by atoms with Crippen LogP contribution in [0.5, 0.6) is 0 Å². The van der Waals surface area contributed by atoms with Crippen LogP contribution in [0.4, 0.5) is 0 Å². The molecule has 1 aromatic rings. The summed E-state index contributed by atoms with van der Waals surface area (Å²) in [6.07, 6.45) is 1.97. The lowest BCUT2D eigenvalue weighted by Crippen LogP contribution is -2.48. The van der Waals surface area contributed by atoms with Gasteiger partial charge in [0.2, 0.25) is 0 Å². The molecular formula is C15H23N3O4. The number of nitrogens with one attached hydrogen (secondary N) is 1. The number of H-pyrrole nitrogens is 1. The number of methoxy groups -OCH3 is 1. The third-order valence-corrected chi connectivity index (χ3v) is 4.19. The van der Waals surface area contributed by atoms with Crippen molar-refractivity contribution in [2.75, 3.05) is 26.8 Å². The molecule has 0 bridgehead atoms. The molecule has 0 aliphatic carbocycles. The molecule has 2 rings (SSSR count). The molecule has 1 atom stereocenters. The number of aromatic nitrogens is 2. The van der Waals surface area contributed by atoms with E-state index >= 15 is 0 Å². The molecule has 1 saturated heterocycles. The topological polar surface area (TPSA) is 95.5 Å². The van der Waals surface area contributed by atoms with Gasteiger partial charge in [-0.25, -0.2) is 4.98 Å². The van der Waals surface area contributed by atoms with Crippen LogP contribution in [-0.2, 0) is 16.1 Å². The molecule has 1 unspecified atom stereocenters. The fraction of sp³-hybridized carbons (Fsp3) is 0.667. The number of carboxylic acids is 1. The highest BCUT2D eigenvalue weighted by Crippen LogP contribution is 2.34. The van der Waals surface area contributed by atoms with Gasteiger partial charge in [0.25, 0.3) is 5.56 Å². The third kappa shape index (κ3) is 3.92. The fourth-order valence-corrected chi connectivity index (χ4v) is 3.10. The predicted octanol–water partition coefficient (Wildman–Crippen LogP) is 0.782. The summed E-state index contributed by atoms with van der Waals surface area (Å²) in [5.41, 5.74) is -0.276. The van der Waals surface area contributed by atoms with Crippen molar-refractivity contribution in [3.8, 4) is 0 Å². The number of nitrogens with zero attached hydrogens (tertiary/aromatic N) is 2. The summed E-state index contributed by atoms with van der Waals surface area (Å²) in [7, 11) is 1.58. The van der Waals surface area contributed by atoms with E-state index < -0.39 is 11.4 Å². The van der Waals surface area contributed by atoms with Crippen LogP contribution in [0.25, 0.3) is 0 Å². The van der Waals surface area contributed by atoms with E-state index in [1.54, 1.807) is 14.0 Å². The molecule has 0 radical (unpaired) electrons. The molecule has 7 heteroatoms. The van der Waals surface area contributed by atoms with Crippen LogP contribution < -0.4 is 5.56 Å². The van der Waals surface area contributed by atoms with Crippen LogP contribution in [0, 0.1) is 12.3 Å². The summed E-state index contributed by atoms with van der Waals surface area (Å²) in [6, 6.07) is 1.47. The van der Waals surface area contributed by atoms with E-state index in [4.69, 9.17) is 4.74 Å². The normalized spacial score (nSPS) is 22.6. The second-order valence-electron chi connectivity index (χ2n) is 5.96. The smallest absolute Gasteiger partial charge is 0.311 e. The van der Waals surface area contributed by atoms with Gasteiger partial charge in [0.1, 0.15) is 5.82 Å². The molecule has 7 nitrogen and oxygen atoms in total. The van der Waals surface area contributed by atoms with Crippen molar-refractivity contribution in [1.82, 2.24) is 14.9 Å². The first-order valence-corrected chi connectivity index (χ1v) is 7.47. The van der Waals surface area contributed by atoms with E-state index in [1.807, 2.05) is 0 Å². The van der Waals surface area contributed by atoms with E-state index in [0.29, 0.717) is 44.1 Å². The number of carboxylic acid groups (broad SMARTS) is 1. The first-order valence-electron chi connectivity index (χ1n) is 7.47. The number of carbonyl (C=O) groups is 1. The Kier molecular flexibility index (Phi) is 5.31. The minimum absolute atomic E-state index is 0.177. The molecule has 0 aromatic carbocycles. The number of piperidine rings is 1. The lowest BCUT2D eigenvalue weighted by molar-refractivity contribution is -0.154. The Bertz CT molecular complexity index is 586. The predicted molar refractivity (Wildman–Crippen MR) is 80.7 cm³/mol. The van der Waals surface area contributed by atoms with E-state index in [9.17, 15) is 14.7 Å². The standard InChI is InChI=1S/C15H23N3O4/c1-11-16-12(8-13(19)17-11)9-18-6-3-4-15(10-18,14(20)21)5-7-22-2/h8H,3-7,9-10H2,1-2H3,(H,20,21)(H,16,17,19). The van der Waals surface area contributed by atoms with E-state index in [0.717, 1.165) is 13.0 Å². The highest BCUT2D eigenvalue weighted by atomic mass is 16.5. The van der Waals surface area contributed by atoms with Crippen LogP contribution >= 0.6 is 0 Å².